The molecule has 1 saturated carbocycles. The molecule has 0 radical (unpaired) electrons. The fraction of sp³-hybridized carbons (Fsp3) is 0.517. The van der Waals surface area contributed by atoms with Crippen LogP contribution in [0.4, 0.5) is 18.0 Å². The van der Waals surface area contributed by atoms with Crippen molar-refractivity contribution in [3.8, 4) is 0 Å². The van der Waals surface area contributed by atoms with E-state index in [1.54, 1.807) is 20.8 Å². The molecular formula is C29H36F3N3O5S. The van der Waals surface area contributed by atoms with Gasteiger partial charge in [0, 0.05) is 19.1 Å². The zero-order valence-electron chi connectivity index (χ0n) is 23.5. The van der Waals surface area contributed by atoms with Gasteiger partial charge in [0.25, 0.3) is 0 Å². The summed E-state index contributed by atoms with van der Waals surface area (Å²) in [5, 5.41) is 2.36. The number of fused-ring (bicyclic) bond motifs is 1. The predicted molar refractivity (Wildman–Crippen MR) is 146 cm³/mol. The fourth-order valence-electron chi connectivity index (χ4n) is 5.84. The molecule has 4 atom stereocenters. The van der Waals surface area contributed by atoms with Gasteiger partial charge < -0.3 is 4.74 Å². The first-order valence-electron chi connectivity index (χ1n) is 13.5. The summed E-state index contributed by atoms with van der Waals surface area (Å²) in [7, 11) is -2.20. The maximum absolute atomic E-state index is 13.4. The molecule has 2 amide bonds. The van der Waals surface area contributed by atoms with E-state index in [0.717, 1.165) is 42.7 Å². The van der Waals surface area contributed by atoms with Gasteiger partial charge in [-0.15, -0.1) is 0 Å². The summed E-state index contributed by atoms with van der Waals surface area (Å²) >= 11 is 0. The number of alkyl carbamates (subject to hydrolysis) is 1. The van der Waals surface area contributed by atoms with E-state index in [4.69, 9.17) is 4.74 Å². The van der Waals surface area contributed by atoms with Gasteiger partial charge in [0.1, 0.15) is 5.60 Å². The normalized spacial score (nSPS) is 22.4. The average molecular weight is 596 g/mol. The van der Waals surface area contributed by atoms with Crippen LogP contribution in [0.2, 0.25) is 0 Å². The predicted octanol–water partition coefficient (Wildman–Crippen LogP) is 4.70. The molecule has 224 valence electrons. The Morgan fingerprint density at radius 1 is 1.02 bits per heavy atom. The second kappa shape index (κ2) is 11.7. The monoisotopic (exact) mass is 595 g/mol. The van der Waals surface area contributed by atoms with E-state index in [1.165, 1.54) is 4.31 Å². The average Bonchev–Trinajstić information content (AvgIpc) is 3.47. The summed E-state index contributed by atoms with van der Waals surface area (Å²) in [6.45, 7) is 5.55. The third kappa shape index (κ3) is 7.28. The zero-order chi connectivity index (χ0) is 30.2. The molecule has 8 nitrogen and oxygen atoms in total. The molecule has 2 aromatic rings. The number of ether oxygens (including phenoxy) is 1. The molecule has 2 fully saturated rings. The van der Waals surface area contributed by atoms with Crippen LogP contribution in [0.3, 0.4) is 0 Å². The van der Waals surface area contributed by atoms with E-state index in [0.29, 0.717) is 6.42 Å². The summed E-state index contributed by atoms with van der Waals surface area (Å²) in [5.74, 6) is -0.559. The molecule has 1 aliphatic carbocycles. The number of nitrogens with one attached hydrogen (secondary N) is 1. The number of carbonyl (C=O) groups is 2. The Morgan fingerprint density at radius 2 is 1.66 bits per heavy atom. The van der Waals surface area contributed by atoms with Crippen LogP contribution in [0.5, 0.6) is 0 Å². The van der Waals surface area contributed by atoms with Crippen LogP contribution < -0.4 is 5.32 Å². The van der Waals surface area contributed by atoms with Gasteiger partial charge >= 0.3 is 12.3 Å². The number of sulfonamides is 1. The van der Waals surface area contributed by atoms with Crippen molar-refractivity contribution in [2.75, 3.05) is 20.1 Å². The highest BCUT2D eigenvalue weighted by Crippen LogP contribution is 2.43. The first kappa shape index (κ1) is 31.0. The van der Waals surface area contributed by atoms with Crippen molar-refractivity contribution >= 4 is 22.0 Å². The highest BCUT2D eigenvalue weighted by Gasteiger charge is 2.49. The van der Waals surface area contributed by atoms with Crippen LogP contribution in [0.1, 0.15) is 44.7 Å². The highest BCUT2D eigenvalue weighted by atomic mass is 32.2. The second-order valence-electron chi connectivity index (χ2n) is 11.8. The molecule has 0 aromatic heterocycles. The number of alkyl halides is 3. The van der Waals surface area contributed by atoms with Gasteiger partial charge in [0.2, 0.25) is 15.9 Å². The molecule has 1 heterocycles. The van der Waals surface area contributed by atoms with Crippen LogP contribution in [-0.2, 0) is 32.2 Å². The molecule has 4 rings (SSSR count). The second-order valence-corrected chi connectivity index (χ2v) is 13.7. The summed E-state index contributed by atoms with van der Waals surface area (Å²) in [6.07, 6.45) is -3.59. The van der Waals surface area contributed by atoms with E-state index in [-0.39, 0.29) is 35.9 Å². The molecule has 0 spiro atoms. The van der Waals surface area contributed by atoms with Crippen LogP contribution in [-0.4, -0.2) is 67.4 Å². The number of benzene rings is 2. The van der Waals surface area contributed by atoms with Crippen molar-refractivity contribution in [1.82, 2.24) is 14.5 Å². The van der Waals surface area contributed by atoms with Crippen molar-refractivity contribution in [3.63, 3.8) is 0 Å². The van der Waals surface area contributed by atoms with Gasteiger partial charge in [0.05, 0.1) is 16.5 Å². The standard InChI is InChI=1S/C29H36F3N3O5S/c1-28(2,3)40-27(37)33-26(36)25(16-19-8-6-5-7-9-19)34(4)24-15-10-20-17-35(18-23(20)24)41(38,39)22-13-11-21(12-14-22)29(30,31)32/h5-9,11-14,20,23-25H,10,15-18H2,1-4H3,(H,33,36,37)/t20-,23+,24+,25+/m1/s1. The smallest absolute Gasteiger partial charge is 0.416 e. The minimum atomic E-state index is -4.56. The highest BCUT2D eigenvalue weighted by molar-refractivity contribution is 7.89. The number of hydrogen-bond donors (Lipinski definition) is 1. The quantitative estimate of drug-likeness (QED) is 0.499. The lowest BCUT2D eigenvalue weighted by molar-refractivity contribution is -0.137. The van der Waals surface area contributed by atoms with Crippen molar-refractivity contribution in [3.05, 3.63) is 65.7 Å². The Bertz CT molecular complexity index is 1340. The number of amides is 2. The van der Waals surface area contributed by atoms with Crippen LogP contribution in [0.15, 0.2) is 59.5 Å². The van der Waals surface area contributed by atoms with Crippen molar-refractivity contribution in [2.24, 2.45) is 11.8 Å². The fourth-order valence-corrected chi connectivity index (χ4v) is 7.37. The third-order valence-corrected chi connectivity index (χ3v) is 9.66. The van der Waals surface area contributed by atoms with E-state index in [2.05, 4.69) is 5.32 Å². The Kier molecular flexibility index (Phi) is 8.87. The topological polar surface area (TPSA) is 96.0 Å². The summed E-state index contributed by atoms with van der Waals surface area (Å²) in [5.41, 5.74) is -0.794. The van der Waals surface area contributed by atoms with E-state index >= 15 is 0 Å². The van der Waals surface area contributed by atoms with Crippen LogP contribution >= 0.6 is 0 Å². The molecule has 1 saturated heterocycles. The molecule has 0 unspecified atom stereocenters. The molecular weight excluding hydrogens is 559 g/mol. The lowest BCUT2D eigenvalue weighted by atomic mass is 9.94. The van der Waals surface area contributed by atoms with Gasteiger partial charge in [-0.1, -0.05) is 30.3 Å². The number of imide groups is 1. The van der Waals surface area contributed by atoms with E-state index < -0.39 is 45.4 Å². The largest absolute Gasteiger partial charge is 0.444 e. The van der Waals surface area contributed by atoms with Gasteiger partial charge in [-0.3, -0.25) is 15.0 Å². The molecule has 1 N–H and O–H groups in total. The number of halogens is 3. The summed E-state index contributed by atoms with van der Waals surface area (Å²) < 4.78 is 72.2. The number of carbonyl (C=O) groups excluding carboxylic acids is 2. The summed E-state index contributed by atoms with van der Waals surface area (Å²) in [4.78, 5) is 27.5. The molecule has 2 aliphatic rings. The number of likely N-dealkylation sites (N-methyl/N-ethyl adjacent to an activating group) is 1. The maximum Gasteiger partial charge on any atom is 0.416 e. The lowest BCUT2D eigenvalue weighted by Gasteiger charge is -2.35. The van der Waals surface area contributed by atoms with Crippen LogP contribution in [0.25, 0.3) is 0 Å². The molecule has 41 heavy (non-hydrogen) atoms. The van der Waals surface area contributed by atoms with Crippen molar-refractivity contribution < 1.29 is 35.9 Å². The lowest BCUT2D eigenvalue weighted by Crippen LogP contribution is -2.53. The first-order chi connectivity index (χ1) is 19.1. The molecule has 0 bridgehead atoms. The SMILES string of the molecule is CN([C@@H](Cc1ccccc1)C(=O)NC(=O)OC(C)(C)C)[C@H]1CC[C@@H]2CN(S(=O)(=O)c3ccc(C(F)(F)F)cc3)C[C@@H]21. The number of rotatable bonds is 7. The maximum atomic E-state index is 13.4. The Hall–Kier alpha value is -2.96. The Morgan fingerprint density at radius 3 is 2.24 bits per heavy atom. The summed E-state index contributed by atoms with van der Waals surface area (Å²) in [6, 6.07) is 12.1. The number of nitrogens with zero attached hydrogens (tertiary/aromatic N) is 2. The minimum Gasteiger partial charge on any atom is -0.444 e. The van der Waals surface area contributed by atoms with Crippen molar-refractivity contribution in [1.29, 1.82) is 0 Å². The van der Waals surface area contributed by atoms with Gasteiger partial charge in [-0.25, -0.2) is 13.2 Å². The first-order valence-corrected chi connectivity index (χ1v) is 15.0. The van der Waals surface area contributed by atoms with E-state index in [9.17, 15) is 31.2 Å². The Labute approximate surface area is 238 Å². The van der Waals surface area contributed by atoms with Crippen LogP contribution in [0, 0.1) is 11.8 Å². The number of hydrogen-bond acceptors (Lipinski definition) is 6. The van der Waals surface area contributed by atoms with Gasteiger partial charge in [-0.2, -0.15) is 17.5 Å². The zero-order valence-corrected chi connectivity index (χ0v) is 24.3. The third-order valence-electron chi connectivity index (χ3n) is 7.82. The van der Waals surface area contributed by atoms with E-state index in [1.807, 2.05) is 42.3 Å². The van der Waals surface area contributed by atoms with Crippen molar-refractivity contribution in [2.45, 2.75) is 68.8 Å². The molecule has 1 aliphatic heterocycles. The Balaban J connectivity index is 1.51. The molecule has 12 heteroatoms. The van der Waals surface area contributed by atoms with Gasteiger partial charge in [0.15, 0.2) is 0 Å². The van der Waals surface area contributed by atoms with Gasteiger partial charge in [-0.05, 0) is 88.7 Å². The minimum absolute atomic E-state index is 0.0398. The molecule has 2 aromatic carbocycles.